The summed E-state index contributed by atoms with van der Waals surface area (Å²) in [6.45, 7) is -0.268. The maximum atomic E-state index is 11.1. The Balaban J connectivity index is 2.13. The van der Waals surface area contributed by atoms with Gasteiger partial charge in [0.05, 0.1) is 25.7 Å². The third-order valence-corrected chi connectivity index (χ3v) is 2.54. The van der Waals surface area contributed by atoms with Crippen molar-refractivity contribution in [3.8, 4) is 0 Å². The average molecular weight is 222 g/mol. The van der Waals surface area contributed by atoms with Crippen LogP contribution in [0.4, 0.5) is 11.4 Å². The molecule has 1 aliphatic rings. The third-order valence-electron chi connectivity index (χ3n) is 2.54. The van der Waals surface area contributed by atoms with Crippen LogP contribution < -0.4 is 10.6 Å². The summed E-state index contributed by atoms with van der Waals surface area (Å²) in [6.07, 6.45) is 0.383. The first kappa shape index (κ1) is 10.9. The summed E-state index contributed by atoms with van der Waals surface area (Å²) in [6, 6.07) is 5.10. The van der Waals surface area contributed by atoms with Crippen LogP contribution in [-0.2, 0) is 11.2 Å². The second-order valence-electron chi connectivity index (χ2n) is 3.80. The van der Waals surface area contributed by atoms with Gasteiger partial charge >= 0.3 is 0 Å². The van der Waals surface area contributed by atoms with Crippen LogP contribution in [0.5, 0.6) is 0 Å². The molecule has 1 aromatic carbocycles. The molecule has 0 saturated carbocycles. The van der Waals surface area contributed by atoms with Crippen LogP contribution in [0.15, 0.2) is 18.2 Å². The van der Waals surface area contributed by atoms with E-state index in [1.165, 1.54) is 0 Å². The van der Waals surface area contributed by atoms with Crippen molar-refractivity contribution in [3.63, 3.8) is 0 Å². The molecule has 1 aliphatic heterocycles. The topological polar surface area (TPSA) is 81.6 Å². The fourth-order valence-corrected chi connectivity index (χ4v) is 1.70. The molecule has 0 fully saturated rings. The minimum atomic E-state index is -0.372. The lowest BCUT2D eigenvalue weighted by molar-refractivity contribution is -0.115. The molecule has 0 radical (unpaired) electrons. The average Bonchev–Trinajstić information content (AvgIpc) is 2.65. The fraction of sp³-hybridized carbons (Fsp3) is 0.364. The fourth-order valence-electron chi connectivity index (χ4n) is 1.70. The van der Waals surface area contributed by atoms with E-state index in [0.717, 1.165) is 16.9 Å². The number of carbonyl (C=O) groups is 1. The summed E-state index contributed by atoms with van der Waals surface area (Å²) in [7, 11) is 0. The molecule has 5 nitrogen and oxygen atoms in total. The van der Waals surface area contributed by atoms with E-state index in [1.807, 2.05) is 18.2 Å². The zero-order valence-corrected chi connectivity index (χ0v) is 8.73. The van der Waals surface area contributed by atoms with Crippen LogP contribution in [0, 0.1) is 0 Å². The SMILES string of the molecule is O=C1Cc2cc(NC(CO)CO)ccc2N1. The number of hydrogen-bond donors (Lipinski definition) is 4. The summed E-state index contributed by atoms with van der Waals surface area (Å²) in [5.74, 6) is -0.00647. The number of benzene rings is 1. The van der Waals surface area contributed by atoms with Crippen molar-refractivity contribution in [2.24, 2.45) is 0 Å². The summed E-state index contributed by atoms with van der Waals surface area (Å²) >= 11 is 0. The normalized spacial score (nSPS) is 13.8. The number of rotatable bonds is 4. The van der Waals surface area contributed by atoms with Gasteiger partial charge in [-0.05, 0) is 23.8 Å². The van der Waals surface area contributed by atoms with Gasteiger partial charge in [-0.2, -0.15) is 0 Å². The predicted octanol–water partition coefficient (Wildman–Crippen LogP) is -0.0537. The Morgan fingerprint density at radius 1 is 1.38 bits per heavy atom. The van der Waals surface area contributed by atoms with Gasteiger partial charge in [0, 0.05) is 11.4 Å². The minimum absolute atomic E-state index is 0.00647. The van der Waals surface area contributed by atoms with Gasteiger partial charge in [-0.3, -0.25) is 4.79 Å². The second kappa shape index (κ2) is 4.51. The van der Waals surface area contributed by atoms with Crippen LogP contribution in [0.3, 0.4) is 0 Å². The molecule has 1 aromatic rings. The summed E-state index contributed by atoms with van der Waals surface area (Å²) in [5, 5.41) is 23.6. The van der Waals surface area contributed by atoms with Crippen LogP contribution >= 0.6 is 0 Å². The van der Waals surface area contributed by atoms with Gasteiger partial charge in [0.1, 0.15) is 0 Å². The maximum absolute atomic E-state index is 11.1. The molecule has 0 atom stereocenters. The van der Waals surface area contributed by atoms with E-state index in [1.54, 1.807) is 0 Å². The highest BCUT2D eigenvalue weighted by atomic mass is 16.3. The van der Waals surface area contributed by atoms with Gasteiger partial charge in [-0.15, -0.1) is 0 Å². The predicted molar refractivity (Wildman–Crippen MR) is 60.4 cm³/mol. The minimum Gasteiger partial charge on any atom is -0.394 e. The highest BCUT2D eigenvalue weighted by Gasteiger charge is 2.17. The van der Waals surface area contributed by atoms with Gasteiger partial charge in [0.15, 0.2) is 0 Å². The van der Waals surface area contributed by atoms with E-state index < -0.39 is 0 Å². The maximum Gasteiger partial charge on any atom is 0.228 e. The lowest BCUT2D eigenvalue weighted by Gasteiger charge is -2.15. The lowest BCUT2D eigenvalue weighted by Crippen LogP contribution is -2.27. The van der Waals surface area contributed by atoms with Gasteiger partial charge in [0.25, 0.3) is 0 Å². The Labute approximate surface area is 93.1 Å². The molecule has 0 bridgehead atoms. The number of amides is 1. The van der Waals surface area contributed by atoms with E-state index in [-0.39, 0.29) is 25.2 Å². The molecule has 0 aliphatic carbocycles. The van der Waals surface area contributed by atoms with Crippen molar-refractivity contribution in [2.75, 3.05) is 23.8 Å². The van der Waals surface area contributed by atoms with E-state index in [0.29, 0.717) is 6.42 Å². The zero-order chi connectivity index (χ0) is 11.5. The summed E-state index contributed by atoms with van der Waals surface area (Å²) in [5.41, 5.74) is 2.56. The molecular formula is C11H14N2O3. The smallest absolute Gasteiger partial charge is 0.228 e. The molecule has 0 unspecified atom stereocenters. The van der Waals surface area contributed by atoms with Gasteiger partial charge in [-0.1, -0.05) is 0 Å². The first-order chi connectivity index (χ1) is 7.72. The Kier molecular flexibility index (Phi) is 3.07. The highest BCUT2D eigenvalue weighted by Crippen LogP contribution is 2.26. The molecule has 16 heavy (non-hydrogen) atoms. The molecule has 86 valence electrons. The Morgan fingerprint density at radius 3 is 2.81 bits per heavy atom. The van der Waals surface area contributed by atoms with E-state index in [2.05, 4.69) is 10.6 Å². The first-order valence-corrected chi connectivity index (χ1v) is 5.14. The Morgan fingerprint density at radius 2 is 2.12 bits per heavy atom. The molecule has 4 N–H and O–H groups in total. The van der Waals surface area contributed by atoms with Gasteiger partial charge in [-0.25, -0.2) is 0 Å². The van der Waals surface area contributed by atoms with Crippen molar-refractivity contribution in [1.29, 1.82) is 0 Å². The summed E-state index contributed by atoms with van der Waals surface area (Å²) < 4.78 is 0. The number of anilines is 2. The number of nitrogens with one attached hydrogen (secondary N) is 2. The lowest BCUT2D eigenvalue weighted by atomic mass is 10.1. The standard InChI is InChI=1S/C11H14N2O3/c14-5-9(6-15)12-8-1-2-10-7(3-8)4-11(16)13-10/h1-3,9,12,14-15H,4-6H2,(H,13,16). The largest absolute Gasteiger partial charge is 0.394 e. The number of aliphatic hydroxyl groups excluding tert-OH is 2. The quantitative estimate of drug-likeness (QED) is 0.575. The van der Waals surface area contributed by atoms with E-state index in [4.69, 9.17) is 10.2 Å². The van der Waals surface area contributed by atoms with Crippen molar-refractivity contribution < 1.29 is 15.0 Å². The van der Waals surface area contributed by atoms with Crippen LogP contribution in [0.1, 0.15) is 5.56 Å². The number of hydrogen-bond acceptors (Lipinski definition) is 4. The van der Waals surface area contributed by atoms with Crippen LogP contribution in [-0.4, -0.2) is 35.4 Å². The highest BCUT2D eigenvalue weighted by molar-refractivity contribution is 5.99. The second-order valence-corrected chi connectivity index (χ2v) is 3.80. The molecule has 0 aromatic heterocycles. The summed E-state index contributed by atoms with van der Waals surface area (Å²) in [4.78, 5) is 11.1. The molecule has 0 spiro atoms. The molecule has 5 heteroatoms. The molecule has 1 heterocycles. The number of aliphatic hydroxyl groups is 2. The zero-order valence-electron chi connectivity index (χ0n) is 8.73. The molecule has 0 saturated heterocycles. The van der Waals surface area contributed by atoms with Gasteiger partial charge < -0.3 is 20.8 Å². The number of fused-ring (bicyclic) bond motifs is 1. The van der Waals surface area contributed by atoms with E-state index >= 15 is 0 Å². The van der Waals surface area contributed by atoms with Crippen molar-refractivity contribution in [2.45, 2.75) is 12.5 Å². The van der Waals surface area contributed by atoms with Crippen molar-refractivity contribution in [1.82, 2.24) is 0 Å². The van der Waals surface area contributed by atoms with Crippen molar-refractivity contribution in [3.05, 3.63) is 23.8 Å². The third kappa shape index (κ3) is 2.15. The van der Waals surface area contributed by atoms with Crippen molar-refractivity contribution >= 4 is 17.3 Å². The first-order valence-electron chi connectivity index (χ1n) is 5.14. The number of carbonyl (C=O) groups excluding carboxylic acids is 1. The van der Waals surface area contributed by atoms with Gasteiger partial charge in [0.2, 0.25) is 5.91 Å². The Hall–Kier alpha value is -1.59. The molecule has 2 rings (SSSR count). The molecule has 1 amide bonds. The Bertz CT molecular complexity index is 402. The molecular weight excluding hydrogens is 208 g/mol. The van der Waals surface area contributed by atoms with Crippen LogP contribution in [0.25, 0.3) is 0 Å². The van der Waals surface area contributed by atoms with E-state index in [9.17, 15) is 4.79 Å². The monoisotopic (exact) mass is 222 g/mol. The van der Waals surface area contributed by atoms with Crippen LogP contribution in [0.2, 0.25) is 0 Å².